The van der Waals surface area contributed by atoms with Gasteiger partial charge < -0.3 is 4.42 Å². The fraction of sp³-hybridized carbons (Fsp3) is 0.200. The van der Waals surface area contributed by atoms with Crippen LogP contribution in [0.15, 0.2) is 59.1 Å². The van der Waals surface area contributed by atoms with Crippen LogP contribution in [0.1, 0.15) is 31.1 Å². The predicted molar refractivity (Wildman–Crippen MR) is 95.6 cm³/mol. The summed E-state index contributed by atoms with van der Waals surface area (Å²) < 4.78 is 19.1. The number of hydrogen-bond acceptors (Lipinski definition) is 4. The molecule has 3 aromatic rings. The molecule has 0 spiro atoms. The van der Waals surface area contributed by atoms with E-state index in [1.807, 2.05) is 30.9 Å². The van der Waals surface area contributed by atoms with E-state index >= 15 is 0 Å². The number of benzene rings is 2. The van der Waals surface area contributed by atoms with Crippen molar-refractivity contribution in [1.82, 2.24) is 4.98 Å². The summed E-state index contributed by atoms with van der Waals surface area (Å²) in [5.41, 5.74) is 2.20. The second-order valence-electron chi connectivity index (χ2n) is 6.08. The van der Waals surface area contributed by atoms with E-state index < -0.39 is 0 Å². The average Bonchev–Trinajstić information content (AvgIpc) is 3.06. The van der Waals surface area contributed by atoms with Crippen LogP contribution in [0.3, 0.4) is 0 Å². The number of rotatable bonds is 5. The zero-order valence-electron chi connectivity index (χ0n) is 14.4. The highest BCUT2D eigenvalue weighted by Gasteiger charge is 2.19. The molecule has 128 valence electrons. The Morgan fingerprint density at radius 3 is 2.52 bits per heavy atom. The van der Waals surface area contributed by atoms with Gasteiger partial charge in [0.05, 0.1) is 6.20 Å². The van der Waals surface area contributed by atoms with Gasteiger partial charge >= 0.3 is 6.01 Å². The molecule has 0 fully saturated rings. The monoisotopic (exact) mass is 338 g/mol. The third-order valence-corrected chi connectivity index (χ3v) is 3.87. The predicted octanol–water partition coefficient (Wildman–Crippen LogP) is 5.23. The van der Waals surface area contributed by atoms with Crippen LogP contribution in [0.4, 0.5) is 16.1 Å². The second-order valence-corrected chi connectivity index (χ2v) is 6.08. The third-order valence-electron chi connectivity index (χ3n) is 3.87. The number of anilines is 2. The molecule has 0 unspecified atom stereocenters. The minimum Gasteiger partial charge on any atom is -0.423 e. The lowest BCUT2D eigenvalue weighted by Gasteiger charge is -2.24. The van der Waals surface area contributed by atoms with Crippen molar-refractivity contribution in [2.45, 2.75) is 26.8 Å². The lowest BCUT2D eigenvalue weighted by Crippen LogP contribution is -2.25. The molecule has 0 aliphatic carbocycles. The fourth-order valence-electron chi connectivity index (χ4n) is 2.63. The van der Waals surface area contributed by atoms with Crippen molar-refractivity contribution in [3.8, 4) is 11.3 Å². The summed E-state index contributed by atoms with van der Waals surface area (Å²) >= 11 is 0. The van der Waals surface area contributed by atoms with E-state index in [-0.39, 0.29) is 17.6 Å². The van der Waals surface area contributed by atoms with Gasteiger partial charge in [-0.25, -0.2) is 9.37 Å². The molecule has 1 heterocycles. The molecule has 0 atom stereocenters. The van der Waals surface area contributed by atoms with Crippen molar-refractivity contribution in [3.63, 3.8) is 0 Å². The van der Waals surface area contributed by atoms with Crippen LogP contribution in [-0.4, -0.2) is 16.8 Å². The molecule has 3 rings (SSSR count). The molecule has 25 heavy (non-hydrogen) atoms. The van der Waals surface area contributed by atoms with Crippen LogP contribution in [0.25, 0.3) is 11.3 Å². The molecule has 0 N–H and O–H groups in total. The van der Waals surface area contributed by atoms with Crippen LogP contribution in [0, 0.1) is 5.82 Å². The number of aromatic nitrogens is 1. The Labute approximate surface area is 145 Å². The lowest BCUT2D eigenvalue weighted by atomic mass is 10.1. The highest BCUT2D eigenvalue weighted by atomic mass is 19.1. The quantitative estimate of drug-likeness (QED) is 0.598. The topological polar surface area (TPSA) is 46.3 Å². The molecule has 0 aliphatic rings. The van der Waals surface area contributed by atoms with E-state index in [0.29, 0.717) is 17.3 Å². The molecule has 0 saturated heterocycles. The maximum atomic E-state index is 13.2. The minimum atomic E-state index is -0.290. The SMILES string of the molecule is CC(=O)c1cccc(-c2cnc(N(c3ccc(F)cc3)C(C)C)o2)c1. The van der Waals surface area contributed by atoms with Gasteiger partial charge in [0, 0.05) is 22.9 Å². The third kappa shape index (κ3) is 3.60. The van der Waals surface area contributed by atoms with Crippen molar-refractivity contribution in [2.24, 2.45) is 0 Å². The number of Topliss-reactive ketones (excluding diaryl/α,β-unsaturated/α-hetero) is 1. The number of carbonyl (C=O) groups is 1. The summed E-state index contributed by atoms with van der Waals surface area (Å²) in [6.45, 7) is 5.53. The van der Waals surface area contributed by atoms with Gasteiger partial charge in [-0.05, 0) is 51.1 Å². The highest BCUT2D eigenvalue weighted by Crippen LogP contribution is 2.31. The molecule has 0 aliphatic heterocycles. The van der Waals surface area contributed by atoms with Gasteiger partial charge in [-0.3, -0.25) is 9.69 Å². The number of ketones is 1. The molecular formula is C20H19FN2O2. The van der Waals surface area contributed by atoms with Gasteiger partial charge in [0.25, 0.3) is 0 Å². The first kappa shape index (κ1) is 16.9. The van der Waals surface area contributed by atoms with Crippen LogP contribution < -0.4 is 4.90 Å². The van der Waals surface area contributed by atoms with Gasteiger partial charge in [-0.1, -0.05) is 18.2 Å². The van der Waals surface area contributed by atoms with Crippen molar-refractivity contribution >= 4 is 17.5 Å². The summed E-state index contributed by atoms with van der Waals surface area (Å²) in [6, 6.07) is 13.9. The number of halogens is 1. The largest absolute Gasteiger partial charge is 0.423 e. The van der Waals surface area contributed by atoms with Crippen molar-refractivity contribution in [3.05, 3.63) is 66.1 Å². The number of oxazole rings is 1. The van der Waals surface area contributed by atoms with Crippen molar-refractivity contribution in [1.29, 1.82) is 0 Å². The Hall–Kier alpha value is -2.95. The molecule has 1 aromatic heterocycles. The highest BCUT2D eigenvalue weighted by molar-refractivity contribution is 5.95. The molecule has 0 radical (unpaired) electrons. The average molecular weight is 338 g/mol. The summed E-state index contributed by atoms with van der Waals surface area (Å²) in [4.78, 5) is 17.8. The van der Waals surface area contributed by atoms with E-state index in [4.69, 9.17) is 4.42 Å². The Kier molecular flexibility index (Phi) is 4.65. The van der Waals surface area contributed by atoms with Crippen LogP contribution >= 0.6 is 0 Å². The number of nitrogens with zero attached hydrogens (tertiary/aromatic N) is 2. The van der Waals surface area contributed by atoms with E-state index in [1.54, 1.807) is 30.5 Å². The molecule has 5 heteroatoms. The molecule has 0 amide bonds. The maximum absolute atomic E-state index is 13.2. The van der Waals surface area contributed by atoms with Gasteiger partial charge in [-0.2, -0.15) is 0 Å². The van der Waals surface area contributed by atoms with E-state index in [9.17, 15) is 9.18 Å². The molecule has 4 nitrogen and oxygen atoms in total. The standard InChI is InChI=1S/C20H19FN2O2/c1-13(2)23(18-9-7-17(21)8-10-18)20-22-12-19(25-20)16-6-4-5-15(11-16)14(3)24/h4-13H,1-3H3. The molecule has 0 saturated carbocycles. The van der Waals surface area contributed by atoms with E-state index in [1.165, 1.54) is 19.1 Å². The van der Waals surface area contributed by atoms with Crippen LogP contribution in [0.2, 0.25) is 0 Å². The first-order chi connectivity index (χ1) is 12.0. The van der Waals surface area contributed by atoms with Gasteiger partial charge in [-0.15, -0.1) is 0 Å². The molecular weight excluding hydrogens is 319 g/mol. The smallest absolute Gasteiger partial charge is 0.302 e. The van der Waals surface area contributed by atoms with Crippen molar-refractivity contribution < 1.29 is 13.6 Å². The van der Waals surface area contributed by atoms with Crippen molar-refractivity contribution in [2.75, 3.05) is 4.90 Å². The Morgan fingerprint density at radius 2 is 1.88 bits per heavy atom. The van der Waals surface area contributed by atoms with Crippen LogP contribution in [-0.2, 0) is 0 Å². The maximum Gasteiger partial charge on any atom is 0.302 e. The minimum absolute atomic E-state index is 0.00305. The Bertz CT molecular complexity index is 885. The van der Waals surface area contributed by atoms with Gasteiger partial charge in [0.15, 0.2) is 11.5 Å². The summed E-state index contributed by atoms with van der Waals surface area (Å²) in [5.74, 6) is 0.282. The number of carbonyl (C=O) groups excluding carboxylic acids is 1. The van der Waals surface area contributed by atoms with E-state index in [0.717, 1.165) is 11.3 Å². The number of hydrogen-bond donors (Lipinski definition) is 0. The fourth-order valence-corrected chi connectivity index (χ4v) is 2.63. The summed E-state index contributed by atoms with van der Waals surface area (Å²) in [6.07, 6.45) is 1.63. The second kappa shape index (κ2) is 6.89. The van der Waals surface area contributed by atoms with Crippen LogP contribution in [0.5, 0.6) is 0 Å². The first-order valence-electron chi connectivity index (χ1n) is 8.07. The Balaban J connectivity index is 1.97. The molecule has 2 aromatic carbocycles. The summed E-state index contributed by atoms with van der Waals surface area (Å²) in [7, 11) is 0. The van der Waals surface area contributed by atoms with E-state index in [2.05, 4.69) is 4.98 Å². The van der Waals surface area contributed by atoms with Gasteiger partial charge in [0.2, 0.25) is 0 Å². The lowest BCUT2D eigenvalue weighted by molar-refractivity contribution is 0.101. The Morgan fingerprint density at radius 1 is 1.16 bits per heavy atom. The summed E-state index contributed by atoms with van der Waals surface area (Å²) in [5, 5.41) is 0. The zero-order chi connectivity index (χ0) is 18.0. The first-order valence-corrected chi connectivity index (χ1v) is 8.07. The van der Waals surface area contributed by atoms with Gasteiger partial charge in [0.1, 0.15) is 5.82 Å². The normalized spacial score (nSPS) is 10.9. The molecule has 0 bridgehead atoms. The zero-order valence-corrected chi connectivity index (χ0v) is 14.4.